The smallest absolute Gasteiger partial charge is 0.330 e. The highest BCUT2D eigenvalue weighted by molar-refractivity contribution is 5.89. The number of rotatable bonds is 25. The molecule has 11 rings (SSSR count). The van der Waals surface area contributed by atoms with Crippen LogP contribution < -0.4 is 18.9 Å². The Labute approximate surface area is 622 Å². The maximum Gasteiger partial charge on any atom is 0.330 e. The van der Waals surface area contributed by atoms with E-state index in [1.807, 2.05) is 0 Å². The largest absolute Gasteiger partial charge is 0.508 e. The first-order valence-corrected chi connectivity index (χ1v) is 33.7. The first-order chi connectivity index (χ1) is 52.5. The zero-order valence-corrected chi connectivity index (χ0v) is 57.2. The highest BCUT2D eigenvalue weighted by Gasteiger charge is 2.51. The van der Waals surface area contributed by atoms with Crippen LogP contribution in [0.3, 0.4) is 0 Å². The summed E-state index contributed by atoms with van der Waals surface area (Å²) in [5.74, 6) is -9.23. The lowest BCUT2D eigenvalue weighted by Gasteiger charge is -2.41. The molecule has 35 heteroatoms. The summed E-state index contributed by atoms with van der Waals surface area (Å²) in [6.07, 6.45) is -32.2. The van der Waals surface area contributed by atoms with Gasteiger partial charge in [-0.15, -0.1) is 0 Å². The van der Waals surface area contributed by atoms with Crippen LogP contribution in [0.4, 0.5) is 0 Å². The normalized spacial score (nSPS) is 29.5. The van der Waals surface area contributed by atoms with Crippen LogP contribution in [-0.4, -0.2) is 265 Å². The first-order valence-electron chi connectivity index (χ1n) is 33.7. The summed E-state index contributed by atoms with van der Waals surface area (Å²) < 4.78 is 75.6. The molecule has 0 saturated carbocycles. The topological polar surface area (TPSA) is 552 Å². The van der Waals surface area contributed by atoms with Crippen LogP contribution in [0.5, 0.6) is 57.5 Å². The van der Waals surface area contributed by atoms with E-state index in [2.05, 4.69) is 0 Å². The van der Waals surface area contributed by atoms with Gasteiger partial charge in [0.1, 0.15) is 170 Å². The summed E-state index contributed by atoms with van der Waals surface area (Å²) in [5, 5.41) is 198. The van der Waals surface area contributed by atoms with Crippen molar-refractivity contribution in [3.05, 3.63) is 185 Å². The molecule has 0 radical (unpaired) electrons. The van der Waals surface area contributed by atoms with E-state index in [1.165, 1.54) is 121 Å². The minimum Gasteiger partial charge on any atom is -0.508 e. The van der Waals surface area contributed by atoms with Gasteiger partial charge in [-0.1, -0.05) is 48.5 Å². The van der Waals surface area contributed by atoms with Gasteiger partial charge in [-0.2, -0.15) is 0 Å². The van der Waals surface area contributed by atoms with Crippen molar-refractivity contribution in [3.63, 3.8) is 0 Å². The number of carbonyl (C=O) groups excluding carboxylic acids is 4. The molecule has 5 heterocycles. The standard InChI is InChI=1S/C75H76O35/c76-39-13-1-34(2-14-39)9-21-54(81)98-30-50-59(86)63(90)67(94)72(107-50)102-43-27-45(80)44-29-49(106-75-70(97)66(93)62(89)53(110-75)33-101-57(84)24-12-37-7-19-42(79)20-8-37)71(103-46(44)28-43)38-25-47(104-73-68(95)64(91)60(87)51(108-73)31-99-55(82)22-10-35-3-15-40(77)16-4-35)58(85)48(26-38)105-74-69(96)65(92)61(88)52(109-74)32-100-56(83)23-11-36-5-17-41(78)18-6-36/h1-29,50-53,59-80,85-97H,30-33H2. The van der Waals surface area contributed by atoms with E-state index in [9.17, 15) is 111 Å². The number of ether oxygens (including phenoxy) is 13. The van der Waals surface area contributed by atoms with Crippen molar-refractivity contribution in [2.75, 3.05) is 26.4 Å². The van der Waals surface area contributed by atoms with Gasteiger partial charge in [-0.3, -0.25) is 0 Å². The number of fused-ring (bicyclic) bond motifs is 1. The van der Waals surface area contributed by atoms with E-state index in [0.29, 0.717) is 22.3 Å². The van der Waals surface area contributed by atoms with E-state index < -0.39 is 225 Å². The number of hydrogen-bond donors (Lipinski definition) is 18. The number of carbonyl (C=O) groups is 4. The number of phenolic OH excluding ortho intramolecular Hbond substituents is 6. The summed E-state index contributed by atoms with van der Waals surface area (Å²) >= 11 is 0. The molecule has 4 saturated heterocycles. The van der Waals surface area contributed by atoms with Gasteiger partial charge in [-0.05, 0) is 113 Å². The zero-order valence-electron chi connectivity index (χ0n) is 57.2. The van der Waals surface area contributed by atoms with Crippen LogP contribution in [0.25, 0.3) is 30.4 Å². The molecule has 21 unspecified atom stereocenters. The minimum absolute atomic E-state index is 0.0346. The Balaban J connectivity index is 0.934. The third-order valence-electron chi connectivity index (χ3n) is 17.7. The Morgan fingerprint density at radius 1 is 0.345 bits per heavy atom. The molecule has 0 aromatic heterocycles. The molecule has 5 aliphatic heterocycles. The van der Waals surface area contributed by atoms with Gasteiger partial charge in [0, 0.05) is 42.0 Å². The zero-order chi connectivity index (χ0) is 78.8. The van der Waals surface area contributed by atoms with Crippen LogP contribution >= 0.6 is 0 Å². The first kappa shape index (κ1) is 80.1. The molecule has 6 aromatic carbocycles. The third-order valence-corrected chi connectivity index (χ3v) is 17.7. The van der Waals surface area contributed by atoms with Crippen molar-refractivity contribution < 1.29 is 173 Å². The number of hydrogen-bond acceptors (Lipinski definition) is 35. The maximum absolute atomic E-state index is 13.0. The van der Waals surface area contributed by atoms with Crippen molar-refractivity contribution in [3.8, 4) is 57.5 Å². The molecule has 35 nitrogen and oxygen atoms in total. The number of aromatic hydroxyl groups is 6. The quantitative estimate of drug-likeness (QED) is 0.0201. The lowest BCUT2D eigenvalue weighted by atomic mass is 9.98. The van der Waals surface area contributed by atoms with E-state index in [0.717, 1.165) is 54.6 Å². The van der Waals surface area contributed by atoms with Crippen LogP contribution in [0.2, 0.25) is 0 Å². The summed E-state index contributed by atoms with van der Waals surface area (Å²) in [5.41, 5.74) is 1.14. The van der Waals surface area contributed by atoms with Gasteiger partial charge < -0.3 is 153 Å². The fraction of sp³-hybridized carbons (Fsp3) is 0.333. The van der Waals surface area contributed by atoms with Gasteiger partial charge in [0.2, 0.25) is 30.9 Å². The average Bonchev–Trinajstić information content (AvgIpc) is 0.759. The molecular formula is C75H76O35. The fourth-order valence-corrected chi connectivity index (χ4v) is 11.5. The maximum atomic E-state index is 13.0. The average molecular weight is 1540 g/mol. The van der Waals surface area contributed by atoms with Gasteiger partial charge in [0.25, 0.3) is 0 Å². The van der Waals surface area contributed by atoms with E-state index in [1.54, 1.807) is 0 Å². The molecule has 0 spiro atoms. The molecular weight excluding hydrogens is 1460 g/mol. The van der Waals surface area contributed by atoms with Crippen molar-refractivity contribution in [2.24, 2.45) is 0 Å². The number of aliphatic hydroxyl groups excluding tert-OH is 12. The van der Waals surface area contributed by atoms with E-state index in [4.69, 9.17) is 61.6 Å². The molecule has 4 fully saturated rings. The van der Waals surface area contributed by atoms with Gasteiger partial charge in [-0.25, -0.2) is 19.2 Å². The van der Waals surface area contributed by atoms with Crippen molar-refractivity contribution in [2.45, 2.75) is 129 Å². The molecule has 110 heavy (non-hydrogen) atoms. The minimum atomic E-state index is -2.26. The highest BCUT2D eigenvalue weighted by atomic mass is 16.7. The molecule has 5 aliphatic rings. The van der Waals surface area contributed by atoms with Gasteiger partial charge in [0.05, 0.1) is 5.56 Å². The molecule has 21 atom stereocenters. The predicted octanol–water partition coefficient (Wildman–Crippen LogP) is -0.195. The van der Waals surface area contributed by atoms with Gasteiger partial charge >= 0.3 is 23.9 Å². The second kappa shape index (κ2) is 35.6. The third kappa shape index (κ3) is 19.7. The van der Waals surface area contributed by atoms with Gasteiger partial charge in [0.15, 0.2) is 17.6 Å². The second-order valence-electron chi connectivity index (χ2n) is 25.5. The lowest BCUT2D eigenvalue weighted by Crippen LogP contribution is -2.60. The molecule has 18 N–H and O–H groups in total. The summed E-state index contributed by atoms with van der Waals surface area (Å²) in [6, 6.07) is 26.6. The predicted molar refractivity (Wildman–Crippen MR) is 370 cm³/mol. The fourth-order valence-electron chi connectivity index (χ4n) is 11.5. The Hall–Kier alpha value is -10.9. The summed E-state index contributed by atoms with van der Waals surface area (Å²) in [4.78, 5) is 51.7. The second-order valence-corrected chi connectivity index (χ2v) is 25.5. The monoisotopic (exact) mass is 1540 g/mol. The van der Waals surface area contributed by atoms with Crippen LogP contribution in [0.15, 0.2) is 151 Å². The van der Waals surface area contributed by atoms with Crippen molar-refractivity contribution in [1.29, 1.82) is 0 Å². The summed E-state index contributed by atoms with van der Waals surface area (Å²) in [6.45, 7) is -3.24. The Bertz CT molecular complexity index is 4210. The number of benzene rings is 6. The van der Waals surface area contributed by atoms with Crippen molar-refractivity contribution in [1.82, 2.24) is 0 Å². The van der Waals surface area contributed by atoms with E-state index >= 15 is 0 Å². The molecule has 0 aliphatic carbocycles. The van der Waals surface area contributed by atoms with Crippen LogP contribution in [-0.2, 0) is 61.8 Å². The lowest BCUT2D eigenvalue weighted by molar-refractivity contribution is -0.294. The number of phenols is 6. The molecule has 586 valence electrons. The van der Waals surface area contributed by atoms with Crippen LogP contribution in [0, 0.1) is 0 Å². The number of esters is 4. The van der Waals surface area contributed by atoms with Crippen LogP contribution in [0.1, 0.15) is 39.5 Å². The highest BCUT2D eigenvalue weighted by Crippen LogP contribution is 2.49. The van der Waals surface area contributed by atoms with Crippen molar-refractivity contribution >= 4 is 54.3 Å². The van der Waals surface area contributed by atoms with E-state index in [-0.39, 0.29) is 28.6 Å². The Morgan fingerprint density at radius 3 is 0.945 bits per heavy atom. The SMILES string of the molecule is O=C(C=Cc1ccc(O)cc1)OCC1OC(OC2=Cc3c(O)cc(OC4OC(COC(=O)C=Cc5ccc(O)cc5)C(O)C(O)C4O)cc3OC2c2cc(OC3OC(COC(=O)C=Cc4ccc(O)cc4)C(O)C(O)C3O)c(O)c(OC3OC(COC(=O)C=Cc4ccc(O)cc4)C(O)C(O)C3O)c2)C(O)C(O)C1O. The summed E-state index contributed by atoms with van der Waals surface area (Å²) in [7, 11) is 0. The Morgan fingerprint density at radius 2 is 0.636 bits per heavy atom. The molecule has 6 aromatic rings. The number of aliphatic hydroxyl groups is 12. The molecule has 0 amide bonds. The molecule has 0 bridgehead atoms. The Kier molecular flexibility index (Phi) is 25.9.